The molecule has 0 radical (unpaired) electrons. The van der Waals surface area contributed by atoms with Crippen molar-refractivity contribution in [1.82, 2.24) is 10.2 Å². The predicted octanol–water partition coefficient (Wildman–Crippen LogP) is 0.722. The molecule has 1 rings (SSSR count). The summed E-state index contributed by atoms with van der Waals surface area (Å²) >= 11 is 1.69. The summed E-state index contributed by atoms with van der Waals surface area (Å²) in [5, 5.41) is 2.77. The molecule has 92 valence electrons. The van der Waals surface area contributed by atoms with Gasteiger partial charge in [0.25, 0.3) is 0 Å². The molecule has 0 aromatic rings. The maximum atomic E-state index is 12.0. The van der Waals surface area contributed by atoms with E-state index in [1.807, 2.05) is 6.26 Å². The van der Waals surface area contributed by atoms with Crippen LogP contribution >= 0.6 is 11.8 Å². The van der Waals surface area contributed by atoms with Crippen molar-refractivity contribution >= 4 is 23.6 Å². The Kier molecular flexibility index (Phi) is 5.12. The number of carbonyl (C=O) groups excluding carboxylic acids is 2. The van der Waals surface area contributed by atoms with Crippen molar-refractivity contribution in [3.05, 3.63) is 0 Å². The maximum absolute atomic E-state index is 12.0. The van der Waals surface area contributed by atoms with Crippen molar-refractivity contribution in [3.63, 3.8) is 0 Å². The Bertz CT molecular complexity index is 269. The van der Waals surface area contributed by atoms with Gasteiger partial charge in [-0.05, 0) is 18.6 Å². The van der Waals surface area contributed by atoms with E-state index in [2.05, 4.69) is 19.2 Å². The number of nitrogens with zero attached hydrogens (tertiary/aromatic N) is 1. The molecule has 1 unspecified atom stereocenters. The molecule has 0 aromatic heterocycles. The summed E-state index contributed by atoms with van der Waals surface area (Å²) in [6.45, 7) is 5.00. The van der Waals surface area contributed by atoms with Crippen LogP contribution in [0.1, 0.15) is 20.3 Å². The fourth-order valence-corrected chi connectivity index (χ4v) is 2.20. The number of thioether (sulfide) groups is 1. The van der Waals surface area contributed by atoms with E-state index >= 15 is 0 Å². The molecule has 1 heterocycles. The zero-order valence-corrected chi connectivity index (χ0v) is 11.0. The van der Waals surface area contributed by atoms with Gasteiger partial charge >= 0.3 is 0 Å². The summed E-state index contributed by atoms with van der Waals surface area (Å²) in [5.41, 5.74) is 0. The van der Waals surface area contributed by atoms with Crippen molar-refractivity contribution in [2.24, 2.45) is 5.92 Å². The van der Waals surface area contributed by atoms with Gasteiger partial charge < -0.3 is 10.2 Å². The first-order chi connectivity index (χ1) is 7.54. The second kappa shape index (κ2) is 6.13. The van der Waals surface area contributed by atoms with Crippen molar-refractivity contribution in [1.29, 1.82) is 0 Å². The minimum absolute atomic E-state index is 0.0358. The summed E-state index contributed by atoms with van der Waals surface area (Å²) in [6.07, 6.45) is 2.72. The first kappa shape index (κ1) is 13.4. The van der Waals surface area contributed by atoms with Crippen LogP contribution in [0.15, 0.2) is 0 Å². The minimum Gasteiger partial charge on any atom is -0.343 e. The lowest BCUT2D eigenvalue weighted by Gasteiger charge is -2.33. The molecule has 4 nitrogen and oxygen atoms in total. The lowest BCUT2D eigenvalue weighted by Crippen LogP contribution is -2.58. The first-order valence-corrected chi connectivity index (χ1v) is 7.01. The highest BCUT2D eigenvalue weighted by Gasteiger charge is 2.32. The van der Waals surface area contributed by atoms with Crippen molar-refractivity contribution in [2.75, 3.05) is 25.1 Å². The van der Waals surface area contributed by atoms with Gasteiger partial charge in [-0.3, -0.25) is 9.59 Å². The average Bonchev–Trinajstić information content (AvgIpc) is 2.20. The van der Waals surface area contributed by atoms with Crippen molar-refractivity contribution in [3.8, 4) is 0 Å². The van der Waals surface area contributed by atoms with Gasteiger partial charge in [-0.15, -0.1) is 0 Å². The van der Waals surface area contributed by atoms with Crippen LogP contribution in [0, 0.1) is 5.92 Å². The number of hydrogen-bond acceptors (Lipinski definition) is 3. The molecule has 2 amide bonds. The summed E-state index contributed by atoms with van der Waals surface area (Å²) in [7, 11) is 0. The summed E-state index contributed by atoms with van der Waals surface area (Å²) in [5.74, 6) is 1.33. The maximum Gasteiger partial charge on any atom is 0.245 e. The van der Waals surface area contributed by atoms with Crippen LogP contribution < -0.4 is 5.32 Å². The van der Waals surface area contributed by atoms with Gasteiger partial charge in [0.15, 0.2) is 0 Å². The highest BCUT2D eigenvalue weighted by atomic mass is 32.2. The van der Waals surface area contributed by atoms with Gasteiger partial charge in [0.2, 0.25) is 11.8 Å². The summed E-state index contributed by atoms with van der Waals surface area (Å²) in [6, 6.07) is -0.317. The minimum atomic E-state index is -0.317. The Morgan fingerprint density at radius 3 is 2.75 bits per heavy atom. The lowest BCUT2D eigenvalue weighted by molar-refractivity contribution is -0.144. The predicted molar refractivity (Wildman–Crippen MR) is 66.3 cm³/mol. The summed E-state index contributed by atoms with van der Waals surface area (Å²) < 4.78 is 0. The number of carbonyl (C=O) groups is 2. The largest absolute Gasteiger partial charge is 0.343 e. The normalized spacial score (nSPS) is 21.5. The van der Waals surface area contributed by atoms with Crippen molar-refractivity contribution < 1.29 is 9.59 Å². The van der Waals surface area contributed by atoms with Gasteiger partial charge in [-0.1, -0.05) is 13.8 Å². The van der Waals surface area contributed by atoms with Crippen LogP contribution in [0.25, 0.3) is 0 Å². The van der Waals surface area contributed by atoms with Gasteiger partial charge in [0.05, 0.1) is 6.54 Å². The smallest absolute Gasteiger partial charge is 0.245 e. The van der Waals surface area contributed by atoms with Gasteiger partial charge in [0, 0.05) is 12.3 Å². The van der Waals surface area contributed by atoms with Crippen LogP contribution in [0.3, 0.4) is 0 Å². The van der Waals surface area contributed by atoms with Crippen LogP contribution in [0.4, 0.5) is 0 Å². The molecular formula is C11H20N2O2S. The molecule has 1 fully saturated rings. The molecule has 0 bridgehead atoms. The Morgan fingerprint density at radius 2 is 2.19 bits per heavy atom. The Labute approximate surface area is 101 Å². The monoisotopic (exact) mass is 244 g/mol. The molecule has 0 saturated carbocycles. The topological polar surface area (TPSA) is 49.4 Å². The molecule has 0 spiro atoms. The van der Waals surface area contributed by atoms with E-state index in [0.717, 1.165) is 12.2 Å². The first-order valence-electron chi connectivity index (χ1n) is 5.61. The van der Waals surface area contributed by atoms with E-state index < -0.39 is 0 Å². The average molecular weight is 244 g/mol. The molecule has 1 aliphatic heterocycles. The molecule has 1 aliphatic rings. The van der Waals surface area contributed by atoms with Crippen LogP contribution in [-0.2, 0) is 9.59 Å². The lowest BCUT2D eigenvalue weighted by atomic mass is 10.0. The Hall–Kier alpha value is -0.710. The van der Waals surface area contributed by atoms with Crippen molar-refractivity contribution in [2.45, 2.75) is 26.3 Å². The van der Waals surface area contributed by atoms with Crippen LogP contribution in [0.2, 0.25) is 0 Å². The highest BCUT2D eigenvalue weighted by Crippen LogP contribution is 2.12. The quantitative estimate of drug-likeness (QED) is 0.775. The Balaban J connectivity index is 2.58. The van der Waals surface area contributed by atoms with Crippen LogP contribution in [-0.4, -0.2) is 47.9 Å². The number of piperazine rings is 1. The van der Waals surface area contributed by atoms with E-state index in [0.29, 0.717) is 12.5 Å². The third-order valence-electron chi connectivity index (χ3n) is 2.55. The zero-order chi connectivity index (χ0) is 12.1. The number of nitrogens with one attached hydrogen (secondary N) is 1. The van der Waals surface area contributed by atoms with E-state index in [1.165, 1.54) is 0 Å². The van der Waals surface area contributed by atoms with E-state index in [1.54, 1.807) is 16.7 Å². The molecular weight excluding hydrogens is 224 g/mol. The molecule has 0 aliphatic carbocycles. The van der Waals surface area contributed by atoms with Gasteiger partial charge in [-0.25, -0.2) is 0 Å². The number of rotatable bonds is 5. The number of hydrogen-bond donors (Lipinski definition) is 1. The molecule has 5 heteroatoms. The SMILES string of the molecule is CSCCN1CC(=O)NC(CC(C)C)C1=O. The third kappa shape index (κ3) is 3.70. The second-order valence-electron chi connectivity index (χ2n) is 4.50. The molecule has 1 atom stereocenters. The molecule has 1 saturated heterocycles. The highest BCUT2D eigenvalue weighted by molar-refractivity contribution is 7.98. The molecule has 16 heavy (non-hydrogen) atoms. The van der Waals surface area contributed by atoms with E-state index in [9.17, 15) is 9.59 Å². The van der Waals surface area contributed by atoms with E-state index in [-0.39, 0.29) is 24.4 Å². The standard InChI is InChI=1S/C11H20N2O2S/c1-8(2)6-9-11(15)13(4-5-16-3)7-10(14)12-9/h8-9H,4-7H2,1-3H3,(H,12,14). The van der Waals surface area contributed by atoms with Crippen LogP contribution in [0.5, 0.6) is 0 Å². The molecule has 1 N–H and O–H groups in total. The second-order valence-corrected chi connectivity index (χ2v) is 5.49. The summed E-state index contributed by atoms with van der Waals surface area (Å²) in [4.78, 5) is 25.1. The van der Waals surface area contributed by atoms with Gasteiger partial charge in [-0.2, -0.15) is 11.8 Å². The fourth-order valence-electron chi connectivity index (χ4n) is 1.80. The Morgan fingerprint density at radius 1 is 1.50 bits per heavy atom. The van der Waals surface area contributed by atoms with E-state index in [4.69, 9.17) is 0 Å². The third-order valence-corrected chi connectivity index (χ3v) is 3.14. The van der Waals surface area contributed by atoms with Gasteiger partial charge in [0.1, 0.15) is 6.04 Å². The molecule has 0 aromatic carbocycles. The number of amides is 2. The zero-order valence-electron chi connectivity index (χ0n) is 10.2. The fraction of sp³-hybridized carbons (Fsp3) is 0.818.